The highest BCUT2D eigenvalue weighted by Gasteiger charge is 2.01. The molecule has 1 nitrogen and oxygen atoms in total. The van der Waals surface area contributed by atoms with Gasteiger partial charge in [-0.1, -0.05) is 60.2 Å². The van der Waals surface area contributed by atoms with E-state index in [2.05, 4.69) is 36.4 Å². The van der Waals surface area contributed by atoms with Crippen LogP contribution in [0.15, 0.2) is 59.7 Å². The van der Waals surface area contributed by atoms with Crippen LogP contribution in [0.1, 0.15) is 18.4 Å². The molecule has 0 radical (unpaired) electrons. The van der Waals surface area contributed by atoms with E-state index in [1.807, 2.05) is 18.2 Å². The van der Waals surface area contributed by atoms with Gasteiger partial charge in [0.25, 0.3) is 0 Å². The van der Waals surface area contributed by atoms with Crippen molar-refractivity contribution >= 4 is 6.08 Å². The average molecular weight is 229 g/mol. The molecule has 0 unspecified atom stereocenters. The maximum Gasteiger partial charge on any atom is 0.0300 e. The van der Waals surface area contributed by atoms with Gasteiger partial charge in [0.05, 0.1) is 0 Å². The number of halogens is 1. The Balaban J connectivity index is 1.98. The average Bonchev–Trinajstić information content (AvgIpc) is 2.39. The van der Waals surface area contributed by atoms with Crippen molar-refractivity contribution in [2.24, 2.45) is 0 Å². The summed E-state index contributed by atoms with van der Waals surface area (Å²) < 4.78 is 11.8. The van der Waals surface area contributed by atoms with Gasteiger partial charge < -0.3 is 0 Å². The van der Waals surface area contributed by atoms with E-state index < -0.39 is 0 Å². The number of allylic oxidation sites excluding steroid dienone is 4. The van der Waals surface area contributed by atoms with E-state index in [4.69, 9.17) is 0 Å². The topological polar surface area (TPSA) is 12.0 Å². The molecule has 0 aliphatic heterocycles. The molecule has 1 N–H and O–H groups in total. The van der Waals surface area contributed by atoms with Gasteiger partial charge in [0.15, 0.2) is 0 Å². The summed E-state index contributed by atoms with van der Waals surface area (Å²) >= 11 is 0. The van der Waals surface area contributed by atoms with Crippen LogP contribution in [0.25, 0.3) is 6.08 Å². The SMILES string of the molecule is FNCCC1=CCC(=Cc2ccccc2)C=C1. The predicted octanol–water partition coefficient (Wildman–Crippen LogP) is 3.82. The maximum atomic E-state index is 11.8. The van der Waals surface area contributed by atoms with Gasteiger partial charge in [0.1, 0.15) is 0 Å². The largest absolute Gasteiger partial charge is 0.159 e. The number of hydrogen-bond donors (Lipinski definition) is 1. The van der Waals surface area contributed by atoms with E-state index in [-0.39, 0.29) is 0 Å². The summed E-state index contributed by atoms with van der Waals surface area (Å²) in [5, 5.41) is 0. The Labute approximate surface area is 101 Å². The first kappa shape index (κ1) is 11.8. The van der Waals surface area contributed by atoms with Crippen LogP contribution in [-0.2, 0) is 0 Å². The van der Waals surface area contributed by atoms with Crippen LogP contribution in [0.5, 0.6) is 0 Å². The van der Waals surface area contributed by atoms with Crippen molar-refractivity contribution in [2.75, 3.05) is 6.54 Å². The van der Waals surface area contributed by atoms with Crippen LogP contribution in [0.4, 0.5) is 4.48 Å². The molecule has 2 rings (SSSR count). The Morgan fingerprint density at radius 1 is 1.18 bits per heavy atom. The molecule has 1 aliphatic rings. The summed E-state index contributed by atoms with van der Waals surface area (Å²) in [6.45, 7) is 0.383. The first-order chi connectivity index (χ1) is 8.38. The van der Waals surface area contributed by atoms with Gasteiger partial charge in [0.2, 0.25) is 0 Å². The molecule has 0 saturated carbocycles. The lowest BCUT2D eigenvalue weighted by molar-refractivity contribution is 0.338. The second kappa shape index (κ2) is 6.16. The molecule has 0 atom stereocenters. The molecular formula is C15H16FN. The molecular weight excluding hydrogens is 213 g/mol. The van der Waals surface area contributed by atoms with E-state index in [0.717, 1.165) is 12.8 Å². The van der Waals surface area contributed by atoms with Gasteiger partial charge >= 0.3 is 0 Å². The van der Waals surface area contributed by atoms with Crippen molar-refractivity contribution in [1.82, 2.24) is 5.54 Å². The third-order valence-corrected chi connectivity index (χ3v) is 2.77. The molecule has 1 aromatic rings. The highest BCUT2D eigenvalue weighted by Crippen LogP contribution is 2.19. The fraction of sp³-hybridized carbons (Fsp3) is 0.200. The van der Waals surface area contributed by atoms with Crippen LogP contribution >= 0.6 is 0 Å². The molecule has 1 aromatic carbocycles. The first-order valence-electron chi connectivity index (χ1n) is 5.85. The fourth-order valence-corrected chi connectivity index (χ4v) is 1.85. The summed E-state index contributed by atoms with van der Waals surface area (Å²) in [7, 11) is 0. The van der Waals surface area contributed by atoms with E-state index in [9.17, 15) is 4.48 Å². The molecule has 0 amide bonds. The minimum Gasteiger partial charge on any atom is -0.159 e. The van der Waals surface area contributed by atoms with Gasteiger partial charge in [0, 0.05) is 6.54 Å². The fourth-order valence-electron chi connectivity index (χ4n) is 1.85. The van der Waals surface area contributed by atoms with Crippen LogP contribution in [0.2, 0.25) is 0 Å². The Kier molecular flexibility index (Phi) is 4.28. The third-order valence-electron chi connectivity index (χ3n) is 2.77. The molecule has 2 heteroatoms. The summed E-state index contributed by atoms with van der Waals surface area (Å²) in [5.74, 6) is 0. The smallest absolute Gasteiger partial charge is 0.0300 e. The minimum atomic E-state index is 0.383. The zero-order chi connectivity index (χ0) is 11.9. The molecule has 0 saturated heterocycles. The van der Waals surface area contributed by atoms with Crippen LogP contribution in [0, 0.1) is 0 Å². The molecule has 88 valence electrons. The van der Waals surface area contributed by atoms with Crippen molar-refractivity contribution in [3.05, 3.63) is 65.3 Å². The second-order valence-corrected chi connectivity index (χ2v) is 4.08. The summed E-state index contributed by atoms with van der Waals surface area (Å²) in [6.07, 6.45) is 10.2. The zero-order valence-corrected chi connectivity index (χ0v) is 9.70. The first-order valence-corrected chi connectivity index (χ1v) is 5.85. The van der Waals surface area contributed by atoms with Gasteiger partial charge in [-0.2, -0.15) is 5.54 Å². The number of rotatable bonds is 4. The van der Waals surface area contributed by atoms with E-state index in [1.54, 1.807) is 5.54 Å². The predicted molar refractivity (Wildman–Crippen MR) is 70.0 cm³/mol. The maximum absolute atomic E-state index is 11.8. The number of hydrogen-bond acceptors (Lipinski definition) is 1. The monoisotopic (exact) mass is 229 g/mol. The van der Waals surface area contributed by atoms with E-state index in [1.165, 1.54) is 16.7 Å². The van der Waals surface area contributed by atoms with Crippen LogP contribution in [0.3, 0.4) is 0 Å². The Hall–Kier alpha value is -1.67. The van der Waals surface area contributed by atoms with Gasteiger partial charge in [-0.05, 0) is 24.0 Å². The summed E-state index contributed by atoms with van der Waals surface area (Å²) in [4.78, 5) is 0. The lowest BCUT2D eigenvalue weighted by Gasteiger charge is -2.08. The highest BCUT2D eigenvalue weighted by molar-refractivity contribution is 5.57. The second-order valence-electron chi connectivity index (χ2n) is 4.08. The number of benzene rings is 1. The van der Waals surface area contributed by atoms with E-state index >= 15 is 0 Å². The van der Waals surface area contributed by atoms with Crippen molar-refractivity contribution in [1.29, 1.82) is 0 Å². The lowest BCUT2D eigenvalue weighted by Crippen LogP contribution is -2.03. The normalized spacial score (nSPS) is 17.2. The molecule has 0 fully saturated rings. The Bertz CT molecular complexity index is 443. The van der Waals surface area contributed by atoms with Crippen molar-refractivity contribution in [2.45, 2.75) is 12.8 Å². The quantitative estimate of drug-likeness (QED) is 0.774. The minimum absolute atomic E-state index is 0.383. The third kappa shape index (κ3) is 3.68. The molecule has 0 aromatic heterocycles. The van der Waals surface area contributed by atoms with Crippen LogP contribution in [-0.4, -0.2) is 6.54 Å². The molecule has 17 heavy (non-hydrogen) atoms. The van der Waals surface area contributed by atoms with Gasteiger partial charge in [-0.15, -0.1) is 4.48 Å². The van der Waals surface area contributed by atoms with Crippen molar-refractivity contribution < 1.29 is 4.48 Å². The standard InChI is InChI=1S/C15H16FN/c16-17-11-10-13-6-8-15(9-7-13)12-14-4-2-1-3-5-14/h1-8,12,17H,9-11H2. The van der Waals surface area contributed by atoms with Gasteiger partial charge in [-0.3, -0.25) is 0 Å². The van der Waals surface area contributed by atoms with Gasteiger partial charge in [-0.25, -0.2) is 0 Å². The zero-order valence-electron chi connectivity index (χ0n) is 9.70. The van der Waals surface area contributed by atoms with Crippen LogP contribution < -0.4 is 5.54 Å². The lowest BCUT2D eigenvalue weighted by atomic mass is 9.98. The molecule has 0 heterocycles. The molecule has 0 bridgehead atoms. The Morgan fingerprint density at radius 2 is 2.00 bits per heavy atom. The Morgan fingerprint density at radius 3 is 2.65 bits per heavy atom. The molecule has 0 spiro atoms. The molecule has 1 aliphatic carbocycles. The van der Waals surface area contributed by atoms with Crippen molar-refractivity contribution in [3.63, 3.8) is 0 Å². The number of nitrogens with one attached hydrogen (secondary N) is 1. The van der Waals surface area contributed by atoms with E-state index in [0.29, 0.717) is 6.54 Å². The summed E-state index contributed by atoms with van der Waals surface area (Å²) in [5.41, 5.74) is 5.37. The highest BCUT2D eigenvalue weighted by atomic mass is 19.2. The van der Waals surface area contributed by atoms with Crippen molar-refractivity contribution in [3.8, 4) is 0 Å². The summed E-state index contributed by atoms with van der Waals surface area (Å²) in [6, 6.07) is 10.3.